The number of carbonyl (C=O) groups is 1. The van der Waals surface area contributed by atoms with Crippen molar-refractivity contribution in [2.45, 2.75) is 6.42 Å². The van der Waals surface area contributed by atoms with E-state index in [0.29, 0.717) is 0 Å². The first-order valence-electron chi connectivity index (χ1n) is 6.70. The smallest absolute Gasteiger partial charge is 0.233 e. The molecule has 0 radical (unpaired) electrons. The van der Waals surface area contributed by atoms with E-state index in [4.69, 9.17) is 11.6 Å². The number of aromatic amines is 1. The maximum Gasteiger partial charge on any atom is 0.233 e. The number of pyridine rings is 1. The van der Waals surface area contributed by atoms with Gasteiger partial charge in [0.15, 0.2) is 0 Å². The number of anilines is 1. The zero-order valence-electron chi connectivity index (χ0n) is 11.8. The number of hydrogen-bond donors (Lipinski definition) is 1. The van der Waals surface area contributed by atoms with Crippen LogP contribution in [0, 0.1) is 5.95 Å². The Kier molecular flexibility index (Phi) is 3.81. The molecule has 0 saturated carbocycles. The van der Waals surface area contributed by atoms with Gasteiger partial charge in [0.05, 0.1) is 11.4 Å². The number of amides is 1. The fraction of sp³-hybridized carbons (Fsp3) is 0.125. The van der Waals surface area contributed by atoms with Gasteiger partial charge >= 0.3 is 0 Å². The van der Waals surface area contributed by atoms with E-state index in [0.717, 1.165) is 16.5 Å². The van der Waals surface area contributed by atoms with E-state index < -0.39 is 5.95 Å². The summed E-state index contributed by atoms with van der Waals surface area (Å²) < 4.78 is 13.4. The molecule has 0 aliphatic heterocycles. The minimum atomic E-state index is -0.786. The molecular formula is C16H13ClFN3O. The van der Waals surface area contributed by atoms with Crippen LogP contribution in [0.1, 0.15) is 5.56 Å². The highest BCUT2D eigenvalue weighted by atomic mass is 35.5. The Labute approximate surface area is 131 Å². The monoisotopic (exact) mass is 317 g/mol. The van der Waals surface area contributed by atoms with Crippen molar-refractivity contribution in [1.29, 1.82) is 0 Å². The summed E-state index contributed by atoms with van der Waals surface area (Å²) in [6.07, 6.45) is 2.01. The molecule has 22 heavy (non-hydrogen) atoms. The Hall–Kier alpha value is -2.40. The van der Waals surface area contributed by atoms with Crippen molar-refractivity contribution in [2.24, 2.45) is 0 Å². The Bertz CT molecular complexity index is 846. The Morgan fingerprint density at radius 1 is 1.32 bits per heavy atom. The normalized spacial score (nSPS) is 10.9. The second kappa shape index (κ2) is 5.77. The summed E-state index contributed by atoms with van der Waals surface area (Å²) in [4.78, 5) is 20.5. The van der Waals surface area contributed by atoms with E-state index in [1.165, 1.54) is 17.0 Å². The average Bonchev–Trinajstić information content (AvgIpc) is 2.92. The second-order valence-electron chi connectivity index (χ2n) is 4.93. The lowest BCUT2D eigenvalue weighted by molar-refractivity contribution is -0.117. The van der Waals surface area contributed by atoms with Gasteiger partial charge in [0.2, 0.25) is 11.9 Å². The van der Waals surface area contributed by atoms with Gasteiger partial charge in [-0.25, -0.2) is 4.98 Å². The molecule has 2 aromatic heterocycles. The summed E-state index contributed by atoms with van der Waals surface area (Å²) in [5, 5.41) is 0.931. The number of carbonyl (C=O) groups excluding carboxylic acids is 1. The van der Waals surface area contributed by atoms with E-state index in [-0.39, 0.29) is 23.2 Å². The highest BCUT2D eigenvalue weighted by Gasteiger charge is 2.16. The van der Waals surface area contributed by atoms with Crippen LogP contribution >= 0.6 is 11.6 Å². The van der Waals surface area contributed by atoms with Gasteiger partial charge in [-0.1, -0.05) is 29.8 Å². The quantitative estimate of drug-likeness (QED) is 0.751. The van der Waals surface area contributed by atoms with Crippen LogP contribution in [-0.2, 0) is 11.2 Å². The van der Waals surface area contributed by atoms with Crippen LogP contribution in [0.4, 0.5) is 10.2 Å². The zero-order chi connectivity index (χ0) is 15.7. The van der Waals surface area contributed by atoms with Gasteiger partial charge in [-0.05, 0) is 23.8 Å². The minimum Gasteiger partial charge on any atom is -0.361 e. The largest absolute Gasteiger partial charge is 0.361 e. The van der Waals surface area contributed by atoms with Crippen molar-refractivity contribution >= 4 is 34.2 Å². The van der Waals surface area contributed by atoms with Gasteiger partial charge in [-0.2, -0.15) is 4.39 Å². The highest BCUT2D eigenvalue weighted by molar-refractivity contribution is 6.30. The summed E-state index contributed by atoms with van der Waals surface area (Å²) in [7, 11) is 1.56. The molecular weight excluding hydrogens is 305 g/mol. The molecule has 1 aromatic carbocycles. The van der Waals surface area contributed by atoms with Gasteiger partial charge in [-0.3, -0.25) is 9.69 Å². The van der Waals surface area contributed by atoms with Gasteiger partial charge in [0.25, 0.3) is 0 Å². The van der Waals surface area contributed by atoms with E-state index in [9.17, 15) is 9.18 Å². The van der Waals surface area contributed by atoms with Crippen LogP contribution in [0.3, 0.4) is 0 Å². The van der Waals surface area contributed by atoms with Crippen LogP contribution in [0.25, 0.3) is 10.9 Å². The third-order valence-corrected chi connectivity index (χ3v) is 3.80. The number of hydrogen-bond acceptors (Lipinski definition) is 2. The van der Waals surface area contributed by atoms with Crippen molar-refractivity contribution in [2.75, 3.05) is 11.9 Å². The zero-order valence-corrected chi connectivity index (χ0v) is 12.6. The first kappa shape index (κ1) is 14.5. The van der Waals surface area contributed by atoms with Crippen molar-refractivity contribution in [3.05, 3.63) is 59.1 Å². The van der Waals surface area contributed by atoms with E-state index in [2.05, 4.69) is 9.97 Å². The minimum absolute atomic E-state index is 0.0683. The molecule has 1 amide bonds. The lowest BCUT2D eigenvalue weighted by Gasteiger charge is -2.16. The molecule has 3 aromatic rings. The topological polar surface area (TPSA) is 49.0 Å². The van der Waals surface area contributed by atoms with Crippen LogP contribution in [-0.4, -0.2) is 22.9 Å². The summed E-state index contributed by atoms with van der Waals surface area (Å²) in [5.41, 5.74) is 1.87. The first-order chi connectivity index (χ1) is 10.6. The molecule has 2 heterocycles. The molecule has 0 bridgehead atoms. The van der Waals surface area contributed by atoms with Crippen molar-refractivity contribution in [1.82, 2.24) is 9.97 Å². The summed E-state index contributed by atoms with van der Waals surface area (Å²) in [5.74, 6) is -0.739. The van der Waals surface area contributed by atoms with Crippen LogP contribution in [0.15, 0.2) is 42.6 Å². The number of halogens is 2. The van der Waals surface area contributed by atoms with Crippen LogP contribution in [0.5, 0.6) is 0 Å². The lowest BCUT2D eigenvalue weighted by Crippen LogP contribution is -2.28. The number of H-pyrrole nitrogens is 1. The molecule has 0 saturated heterocycles. The Morgan fingerprint density at radius 3 is 2.86 bits per heavy atom. The molecule has 0 aliphatic rings. The molecule has 0 spiro atoms. The highest BCUT2D eigenvalue weighted by Crippen LogP contribution is 2.21. The standard InChI is InChI=1S/C16H13ClFN3O/c1-21(14-7-6-12(17)16(18)20-14)15(22)8-10-9-19-13-5-3-2-4-11(10)13/h2-7,9,19H,8H2,1H3. The molecule has 4 nitrogen and oxygen atoms in total. The second-order valence-corrected chi connectivity index (χ2v) is 5.34. The first-order valence-corrected chi connectivity index (χ1v) is 7.07. The number of nitrogens with zero attached hydrogens (tertiary/aromatic N) is 2. The number of likely N-dealkylation sites (N-methyl/N-ethyl adjacent to an activating group) is 1. The average molecular weight is 318 g/mol. The Morgan fingerprint density at radius 2 is 2.09 bits per heavy atom. The number of benzene rings is 1. The molecule has 0 atom stereocenters. The van der Waals surface area contributed by atoms with Gasteiger partial charge < -0.3 is 4.98 Å². The summed E-state index contributed by atoms with van der Waals surface area (Å²) in [6.45, 7) is 0. The maximum atomic E-state index is 13.4. The van der Waals surface area contributed by atoms with Crippen molar-refractivity contribution < 1.29 is 9.18 Å². The maximum absolute atomic E-state index is 13.4. The molecule has 0 aliphatic carbocycles. The van der Waals surface area contributed by atoms with Gasteiger partial charge in [0, 0.05) is 24.1 Å². The lowest BCUT2D eigenvalue weighted by atomic mass is 10.1. The van der Waals surface area contributed by atoms with Crippen LogP contribution < -0.4 is 4.90 Å². The predicted molar refractivity (Wildman–Crippen MR) is 84.6 cm³/mol. The number of fused-ring (bicyclic) bond motifs is 1. The molecule has 0 unspecified atom stereocenters. The number of rotatable bonds is 3. The molecule has 0 fully saturated rings. The fourth-order valence-electron chi connectivity index (χ4n) is 2.28. The van der Waals surface area contributed by atoms with E-state index >= 15 is 0 Å². The SMILES string of the molecule is CN(C(=O)Cc1c[nH]c2ccccc12)c1ccc(Cl)c(F)n1. The number of para-hydroxylation sites is 1. The summed E-state index contributed by atoms with van der Waals surface area (Å²) in [6, 6.07) is 10.6. The van der Waals surface area contributed by atoms with E-state index in [1.807, 2.05) is 30.5 Å². The molecule has 3 rings (SSSR count). The Balaban J connectivity index is 1.83. The predicted octanol–water partition coefficient (Wildman–Crippen LogP) is 3.56. The van der Waals surface area contributed by atoms with E-state index in [1.54, 1.807) is 7.05 Å². The molecule has 1 N–H and O–H groups in total. The molecule has 6 heteroatoms. The van der Waals surface area contributed by atoms with Crippen LogP contribution in [0.2, 0.25) is 5.02 Å². The fourth-order valence-corrected chi connectivity index (χ4v) is 2.39. The number of aromatic nitrogens is 2. The molecule has 112 valence electrons. The van der Waals surface area contributed by atoms with Gasteiger partial charge in [-0.15, -0.1) is 0 Å². The summed E-state index contributed by atoms with van der Waals surface area (Å²) >= 11 is 5.60. The third-order valence-electron chi connectivity index (χ3n) is 3.52. The van der Waals surface area contributed by atoms with Gasteiger partial charge in [0.1, 0.15) is 5.82 Å². The third kappa shape index (κ3) is 2.67. The number of nitrogens with one attached hydrogen (secondary N) is 1. The van der Waals surface area contributed by atoms with Crippen molar-refractivity contribution in [3.63, 3.8) is 0 Å². The van der Waals surface area contributed by atoms with Crippen molar-refractivity contribution in [3.8, 4) is 0 Å².